The summed E-state index contributed by atoms with van der Waals surface area (Å²) in [5, 5.41) is 72.1. The summed E-state index contributed by atoms with van der Waals surface area (Å²) in [6.07, 6.45) is 29.7. The molecule has 0 aromatic rings. The number of ether oxygens (including phenoxy) is 6. The van der Waals surface area contributed by atoms with E-state index in [1.165, 1.54) is 83.5 Å². The van der Waals surface area contributed by atoms with E-state index in [4.69, 9.17) is 28.4 Å². The van der Waals surface area contributed by atoms with Crippen molar-refractivity contribution in [2.75, 3.05) is 26.4 Å². The minimum atomic E-state index is -1.78. The van der Waals surface area contributed by atoms with E-state index in [1.54, 1.807) is 0 Å². The van der Waals surface area contributed by atoms with Crippen molar-refractivity contribution in [1.82, 2.24) is 0 Å². The Morgan fingerprint density at radius 2 is 0.899 bits per heavy atom. The zero-order chi connectivity index (χ0) is 50.3. The minimum Gasteiger partial charge on any atom is -0.462 e. The topological polar surface area (TPSA) is 231 Å². The number of hydrogen-bond acceptors (Lipinski definition) is 15. The third kappa shape index (κ3) is 28.7. The molecule has 11 atom stereocenters. The van der Waals surface area contributed by atoms with Gasteiger partial charge in [-0.1, -0.05) is 171 Å². The number of esters is 2. The van der Waals surface area contributed by atoms with Crippen LogP contribution in [0.25, 0.3) is 0 Å². The zero-order valence-electron chi connectivity index (χ0n) is 42.0. The van der Waals surface area contributed by atoms with Gasteiger partial charge in [-0.15, -0.1) is 0 Å². The highest BCUT2D eigenvalue weighted by atomic mass is 16.7. The molecular weight excluding hydrogens is 889 g/mol. The quantitative estimate of drug-likeness (QED) is 0.0178. The minimum absolute atomic E-state index is 0.0411. The fraction of sp³-hybridized carbons (Fsp3) is 0.778. The SMILES string of the molecule is CCCCC/C=C/C/C=C/C/C=C/C/C=C/C/C=C/CCC(=O)O[C@H](COC(=O)CCCCCCCCCCCCCCCC)CO[C@H]1O[C@@H](CO[C@H]2O[C@@H](CO)[C@@H](O)C(O)C2O)[C@@H](O)C(O)C1O. The van der Waals surface area contributed by atoms with Crippen LogP contribution in [0.5, 0.6) is 0 Å². The van der Waals surface area contributed by atoms with E-state index in [2.05, 4.69) is 62.5 Å². The van der Waals surface area contributed by atoms with Crippen LogP contribution in [0.4, 0.5) is 0 Å². The number of unbranched alkanes of at least 4 members (excludes halogenated alkanes) is 16. The summed E-state index contributed by atoms with van der Waals surface area (Å²) < 4.78 is 33.5. The van der Waals surface area contributed by atoms with Crippen molar-refractivity contribution in [1.29, 1.82) is 0 Å². The normalized spacial score (nSPS) is 26.0. The van der Waals surface area contributed by atoms with Crippen LogP contribution in [0.2, 0.25) is 0 Å². The first-order valence-electron chi connectivity index (χ1n) is 26.4. The average Bonchev–Trinajstić information content (AvgIpc) is 3.34. The number of aliphatic hydroxyl groups is 7. The molecule has 0 aromatic heterocycles. The molecule has 0 aromatic carbocycles. The molecule has 398 valence electrons. The van der Waals surface area contributed by atoms with Gasteiger partial charge in [0.15, 0.2) is 18.7 Å². The lowest BCUT2D eigenvalue weighted by Crippen LogP contribution is -2.61. The number of allylic oxidation sites excluding steroid dienone is 10. The van der Waals surface area contributed by atoms with Crippen LogP contribution in [-0.4, -0.2) is 142 Å². The van der Waals surface area contributed by atoms with E-state index in [1.807, 2.05) is 12.2 Å². The number of aliphatic hydroxyl groups excluding tert-OH is 7. The van der Waals surface area contributed by atoms with Crippen molar-refractivity contribution in [2.24, 2.45) is 0 Å². The van der Waals surface area contributed by atoms with E-state index in [0.717, 1.165) is 44.9 Å². The molecule has 15 nitrogen and oxygen atoms in total. The summed E-state index contributed by atoms with van der Waals surface area (Å²) in [7, 11) is 0. The van der Waals surface area contributed by atoms with Gasteiger partial charge in [-0.05, 0) is 51.4 Å². The molecule has 0 spiro atoms. The van der Waals surface area contributed by atoms with Crippen LogP contribution < -0.4 is 0 Å². The van der Waals surface area contributed by atoms with Crippen molar-refractivity contribution in [3.63, 3.8) is 0 Å². The Morgan fingerprint density at radius 1 is 0.464 bits per heavy atom. The molecular formula is C54H92O15. The summed E-state index contributed by atoms with van der Waals surface area (Å²) in [4.78, 5) is 25.7. The fourth-order valence-corrected chi connectivity index (χ4v) is 7.90. The molecule has 2 heterocycles. The van der Waals surface area contributed by atoms with E-state index >= 15 is 0 Å². The van der Waals surface area contributed by atoms with Crippen molar-refractivity contribution in [3.05, 3.63) is 60.8 Å². The lowest BCUT2D eigenvalue weighted by atomic mass is 9.98. The van der Waals surface area contributed by atoms with Gasteiger partial charge in [-0.3, -0.25) is 9.59 Å². The second-order valence-electron chi connectivity index (χ2n) is 18.4. The maximum Gasteiger partial charge on any atom is 0.306 e. The van der Waals surface area contributed by atoms with Gasteiger partial charge in [-0.2, -0.15) is 0 Å². The molecule has 0 saturated carbocycles. The highest BCUT2D eigenvalue weighted by molar-refractivity contribution is 5.70. The van der Waals surface area contributed by atoms with Gasteiger partial charge >= 0.3 is 11.9 Å². The van der Waals surface area contributed by atoms with E-state index in [0.29, 0.717) is 19.3 Å². The Hall–Kier alpha value is -2.80. The first kappa shape index (κ1) is 62.3. The van der Waals surface area contributed by atoms with Crippen LogP contribution >= 0.6 is 0 Å². The summed E-state index contributed by atoms with van der Waals surface area (Å²) >= 11 is 0. The molecule has 2 aliphatic rings. The first-order valence-corrected chi connectivity index (χ1v) is 26.4. The summed E-state index contributed by atoms with van der Waals surface area (Å²) in [5.41, 5.74) is 0. The number of hydrogen-bond donors (Lipinski definition) is 7. The third-order valence-electron chi connectivity index (χ3n) is 12.3. The zero-order valence-corrected chi connectivity index (χ0v) is 42.0. The highest BCUT2D eigenvalue weighted by Gasteiger charge is 2.47. The predicted molar refractivity (Wildman–Crippen MR) is 266 cm³/mol. The molecule has 2 aliphatic heterocycles. The Labute approximate surface area is 413 Å². The maximum atomic E-state index is 13.0. The van der Waals surface area contributed by atoms with Gasteiger partial charge < -0.3 is 64.2 Å². The van der Waals surface area contributed by atoms with Gasteiger partial charge in [0.25, 0.3) is 0 Å². The van der Waals surface area contributed by atoms with Crippen LogP contribution in [0, 0.1) is 0 Å². The van der Waals surface area contributed by atoms with E-state index in [-0.39, 0.29) is 19.4 Å². The van der Waals surface area contributed by atoms with Gasteiger partial charge in [0.1, 0.15) is 55.4 Å². The van der Waals surface area contributed by atoms with Gasteiger partial charge in [-0.25, -0.2) is 0 Å². The average molecular weight is 981 g/mol. The van der Waals surface area contributed by atoms with Crippen molar-refractivity contribution in [2.45, 2.75) is 242 Å². The van der Waals surface area contributed by atoms with Crippen LogP contribution in [-0.2, 0) is 38.0 Å². The van der Waals surface area contributed by atoms with Gasteiger partial charge in [0.2, 0.25) is 0 Å². The van der Waals surface area contributed by atoms with Crippen LogP contribution in [0.1, 0.15) is 174 Å². The third-order valence-corrected chi connectivity index (χ3v) is 12.3. The monoisotopic (exact) mass is 981 g/mol. The van der Waals surface area contributed by atoms with Crippen molar-refractivity contribution in [3.8, 4) is 0 Å². The van der Waals surface area contributed by atoms with Crippen LogP contribution in [0.15, 0.2) is 60.8 Å². The van der Waals surface area contributed by atoms with Crippen LogP contribution in [0.3, 0.4) is 0 Å². The largest absolute Gasteiger partial charge is 0.462 e. The molecule has 69 heavy (non-hydrogen) atoms. The summed E-state index contributed by atoms with van der Waals surface area (Å²) in [5.74, 6) is -1.02. The Bertz CT molecular complexity index is 1430. The van der Waals surface area contributed by atoms with Gasteiger partial charge in [0, 0.05) is 12.8 Å². The molecule has 15 heteroatoms. The lowest BCUT2D eigenvalue weighted by molar-refractivity contribution is -0.332. The molecule has 0 radical (unpaired) electrons. The Balaban J connectivity index is 1.84. The second kappa shape index (κ2) is 40.8. The number of carbonyl (C=O) groups is 2. The highest BCUT2D eigenvalue weighted by Crippen LogP contribution is 2.26. The second-order valence-corrected chi connectivity index (χ2v) is 18.4. The molecule has 7 N–H and O–H groups in total. The van der Waals surface area contributed by atoms with Crippen molar-refractivity contribution >= 4 is 11.9 Å². The standard InChI is InChI=1S/C54H92O15/c1-3-5-7-9-11-13-15-17-19-20-21-22-23-25-27-29-31-33-35-37-46(57)67-42(39-64-45(56)36-34-32-30-28-26-24-18-16-14-12-10-8-6-4-2)40-65-53-52(63)50(61)48(59)44(69-53)41-66-54-51(62)49(60)47(58)43(38-55)68-54/h11,13,17,19,21-22,25,27,31,33,42-44,47-55,58-63H,3-10,12,14-16,18,20,23-24,26,28-30,32,34-41H2,1-2H3/b13-11+,19-17+,22-21+,27-25+,33-31+/t42-,43+,44+,47-,48-,49?,50?,51?,52?,53+,54+/m1/s1. The van der Waals surface area contributed by atoms with Gasteiger partial charge in [0.05, 0.1) is 19.8 Å². The molecule has 4 unspecified atom stereocenters. The Kier molecular flexibility index (Phi) is 36.8. The first-order chi connectivity index (χ1) is 33.5. The number of rotatable bonds is 40. The lowest BCUT2D eigenvalue weighted by Gasteiger charge is -2.42. The van der Waals surface area contributed by atoms with Crippen molar-refractivity contribution < 1.29 is 73.8 Å². The Morgan fingerprint density at radius 3 is 1.42 bits per heavy atom. The van der Waals surface area contributed by atoms with E-state index < -0.39 is 99.3 Å². The molecule has 0 amide bonds. The molecule has 2 fully saturated rings. The maximum absolute atomic E-state index is 13.0. The molecule has 0 bridgehead atoms. The van der Waals surface area contributed by atoms with E-state index in [9.17, 15) is 45.3 Å². The number of carbonyl (C=O) groups excluding carboxylic acids is 2. The molecule has 0 aliphatic carbocycles. The summed E-state index contributed by atoms with van der Waals surface area (Å²) in [6, 6.07) is 0. The fourth-order valence-electron chi connectivity index (χ4n) is 7.90. The summed E-state index contributed by atoms with van der Waals surface area (Å²) in [6.45, 7) is 2.48. The predicted octanol–water partition coefficient (Wildman–Crippen LogP) is 7.66. The molecule has 2 rings (SSSR count). The molecule has 2 saturated heterocycles. The smallest absolute Gasteiger partial charge is 0.306 e.